The van der Waals surface area contributed by atoms with Crippen LogP contribution in [0.15, 0.2) is 0 Å². The first kappa shape index (κ1) is 16.7. The third kappa shape index (κ3) is 3.23. The van der Waals surface area contributed by atoms with Gasteiger partial charge >= 0.3 is 0 Å². The van der Waals surface area contributed by atoms with Gasteiger partial charge in [-0.2, -0.15) is 0 Å². The molecule has 7 heteroatoms. The number of nitrogens with zero attached hydrogens (tertiary/aromatic N) is 1. The summed E-state index contributed by atoms with van der Waals surface area (Å²) in [6.45, 7) is 3.85. The summed E-state index contributed by atoms with van der Waals surface area (Å²) >= 11 is 0. The Hall–Kier alpha value is -0.330. The number of carbonyl (C=O) groups is 1. The molecule has 0 bridgehead atoms. The zero-order valence-corrected chi connectivity index (χ0v) is 13.0. The predicted molar refractivity (Wildman–Crippen MR) is 77.0 cm³/mol. The molecule has 1 amide bonds. The number of nitrogens with two attached hydrogens (primary N) is 1. The Balaban J connectivity index is 0.00000180. The molecule has 1 aliphatic carbocycles. The number of hydrogen-bond acceptors (Lipinski definition) is 4. The first-order chi connectivity index (χ1) is 8.33. The molecule has 4 unspecified atom stereocenters. The van der Waals surface area contributed by atoms with Gasteiger partial charge in [0.05, 0.1) is 11.0 Å². The number of hydrogen-bond donors (Lipinski definition) is 1. The molecule has 2 rings (SSSR count). The van der Waals surface area contributed by atoms with Crippen LogP contribution in [0.4, 0.5) is 0 Å². The topological polar surface area (TPSA) is 80.5 Å². The van der Waals surface area contributed by atoms with Gasteiger partial charge in [0.15, 0.2) is 9.84 Å². The van der Waals surface area contributed by atoms with Crippen molar-refractivity contribution >= 4 is 28.2 Å². The third-order valence-corrected chi connectivity index (χ3v) is 6.74. The van der Waals surface area contributed by atoms with Gasteiger partial charge in [-0.05, 0) is 33.1 Å². The van der Waals surface area contributed by atoms with E-state index in [4.69, 9.17) is 5.73 Å². The van der Waals surface area contributed by atoms with E-state index in [0.717, 1.165) is 19.3 Å². The Morgan fingerprint density at radius 3 is 2.42 bits per heavy atom. The van der Waals surface area contributed by atoms with Crippen molar-refractivity contribution in [2.45, 2.75) is 50.4 Å². The minimum Gasteiger partial charge on any atom is -0.337 e. The maximum atomic E-state index is 12.4. The molecule has 1 heterocycles. The normalized spacial score (nSPS) is 37.7. The summed E-state index contributed by atoms with van der Waals surface area (Å²) in [5.74, 6) is 0.177. The minimum atomic E-state index is -3.03. The van der Waals surface area contributed by atoms with Gasteiger partial charge in [-0.25, -0.2) is 8.42 Å². The van der Waals surface area contributed by atoms with Crippen LogP contribution >= 0.6 is 12.4 Å². The molecule has 2 N–H and O–H groups in total. The van der Waals surface area contributed by atoms with E-state index >= 15 is 0 Å². The van der Waals surface area contributed by atoms with Crippen LogP contribution in [-0.2, 0) is 14.6 Å². The van der Waals surface area contributed by atoms with E-state index in [9.17, 15) is 13.2 Å². The second kappa shape index (κ2) is 5.97. The molecule has 0 aromatic heterocycles. The zero-order chi connectivity index (χ0) is 13.5. The van der Waals surface area contributed by atoms with Crippen molar-refractivity contribution in [1.82, 2.24) is 4.90 Å². The molecule has 1 saturated heterocycles. The van der Waals surface area contributed by atoms with Crippen molar-refractivity contribution in [3.05, 3.63) is 0 Å². The van der Waals surface area contributed by atoms with Crippen LogP contribution in [0.1, 0.15) is 33.1 Å². The maximum Gasteiger partial charge on any atom is 0.226 e. The molecular weight excluding hydrogens is 288 g/mol. The van der Waals surface area contributed by atoms with E-state index < -0.39 is 15.1 Å². The van der Waals surface area contributed by atoms with Crippen LogP contribution < -0.4 is 5.73 Å². The highest BCUT2D eigenvalue weighted by Gasteiger charge is 2.41. The fraction of sp³-hybridized carbons (Fsp3) is 0.917. The van der Waals surface area contributed by atoms with Gasteiger partial charge in [0.25, 0.3) is 0 Å². The molecule has 0 aromatic rings. The lowest BCUT2D eigenvalue weighted by atomic mass is 10.0. The molecule has 5 nitrogen and oxygen atoms in total. The lowest BCUT2D eigenvalue weighted by molar-refractivity contribution is -0.137. The number of sulfone groups is 1. The van der Waals surface area contributed by atoms with Gasteiger partial charge in [0.2, 0.25) is 5.91 Å². The summed E-state index contributed by atoms with van der Waals surface area (Å²) in [7, 11) is -3.03. The molecule has 1 aliphatic heterocycles. The molecule has 1 saturated carbocycles. The van der Waals surface area contributed by atoms with Crippen LogP contribution in [0, 0.1) is 5.92 Å². The van der Waals surface area contributed by atoms with Gasteiger partial charge in [-0.3, -0.25) is 4.79 Å². The van der Waals surface area contributed by atoms with E-state index in [-0.39, 0.29) is 42.1 Å². The van der Waals surface area contributed by atoms with Crippen molar-refractivity contribution < 1.29 is 13.2 Å². The Labute approximate surface area is 121 Å². The van der Waals surface area contributed by atoms with Crippen molar-refractivity contribution in [3.63, 3.8) is 0 Å². The van der Waals surface area contributed by atoms with Crippen LogP contribution in [0.3, 0.4) is 0 Å². The average molecular weight is 311 g/mol. The Morgan fingerprint density at radius 1 is 1.26 bits per heavy atom. The second-order valence-electron chi connectivity index (χ2n) is 5.61. The van der Waals surface area contributed by atoms with E-state index in [1.807, 2.05) is 6.92 Å². The molecule has 2 fully saturated rings. The van der Waals surface area contributed by atoms with Crippen molar-refractivity contribution in [3.8, 4) is 0 Å². The van der Waals surface area contributed by atoms with Crippen LogP contribution in [0.2, 0.25) is 0 Å². The monoisotopic (exact) mass is 310 g/mol. The van der Waals surface area contributed by atoms with Gasteiger partial charge < -0.3 is 10.6 Å². The first-order valence-corrected chi connectivity index (χ1v) is 8.32. The molecule has 112 valence electrons. The fourth-order valence-electron chi connectivity index (χ4n) is 2.95. The Morgan fingerprint density at radius 2 is 1.89 bits per heavy atom. The van der Waals surface area contributed by atoms with Crippen LogP contribution in [0.25, 0.3) is 0 Å². The highest BCUT2D eigenvalue weighted by molar-refractivity contribution is 7.92. The SMILES string of the molecule is CC1C(C)S(=O)(=O)CCN1C(=O)C1CCC(N)C1.Cl. The quantitative estimate of drug-likeness (QED) is 0.768. The molecule has 0 aromatic carbocycles. The summed E-state index contributed by atoms with van der Waals surface area (Å²) in [5, 5.41) is -0.467. The molecular formula is C12H23ClN2O3S. The molecule has 0 spiro atoms. The van der Waals surface area contributed by atoms with E-state index in [1.54, 1.807) is 11.8 Å². The number of amides is 1. The smallest absolute Gasteiger partial charge is 0.226 e. The first-order valence-electron chi connectivity index (χ1n) is 6.60. The lowest BCUT2D eigenvalue weighted by Crippen LogP contribution is -2.55. The van der Waals surface area contributed by atoms with Gasteiger partial charge in [-0.1, -0.05) is 0 Å². The standard InChI is InChI=1S/C12H22N2O3S.ClH/c1-8-9(2)18(16,17)6-5-14(8)12(15)10-3-4-11(13)7-10;/h8-11H,3-7,13H2,1-2H3;1H. The lowest BCUT2D eigenvalue weighted by Gasteiger charge is -2.38. The average Bonchev–Trinajstić information content (AvgIpc) is 2.72. The van der Waals surface area contributed by atoms with E-state index in [1.165, 1.54) is 0 Å². The summed E-state index contributed by atoms with van der Waals surface area (Å²) in [6, 6.07) is -0.103. The minimum absolute atomic E-state index is 0. The molecule has 4 atom stereocenters. The predicted octanol–water partition coefficient (Wildman–Crippen LogP) is 0.570. The highest BCUT2D eigenvalue weighted by Crippen LogP contribution is 2.29. The van der Waals surface area contributed by atoms with E-state index in [2.05, 4.69) is 0 Å². The number of rotatable bonds is 1. The maximum absolute atomic E-state index is 12.4. The molecule has 19 heavy (non-hydrogen) atoms. The molecule has 0 radical (unpaired) electrons. The largest absolute Gasteiger partial charge is 0.337 e. The zero-order valence-electron chi connectivity index (χ0n) is 11.4. The summed E-state index contributed by atoms with van der Waals surface area (Å²) in [4.78, 5) is 14.1. The van der Waals surface area contributed by atoms with E-state index in [0.29, 0.717) is 6.54 Å². The van der Waals surface area contributed by atoms with Gasteiger partial charge in [0, 0.05) is 24.5 Å². The second-order valence-corrected chi connectivity index (χ2v) is 8.09. The van der Waals surface area contributed by atoms with Crippen LogP contribution in [0.5, 0.6) is 0 Å². The fourth-order valence-corrected chi connectivity index (χ4v) is 4.52. The third-order valence-electron chi connectivity index (χ3n) is 4.46. The number of halogens is 1. The Bertz CT molecular complexity index is 440. The van der Waals surface area contributed by atoms with Gasteiger partial charge in [-0.15, -0.1) is 12.4 Å². The van der Waals surface area contributed by atoms with Crippen LogP contribution in [-0.4, -0.2) is 48.9 Å². The van der Waals surface area contributed by atoms with Crippen molar-refractivity contribution in [1.29, 1.82) is 0 Å². The summed E-state index contributed by atoms with van der Waals surface area (Å²) in [6.07, 6.45) is 2.47. The highest BCUT2D eigenvalue weighted by atomic mass is 35.5. The summed E-state index contributed by atoms with van der Waals surface area (Å²) < 4.78 is 23.6. The Kier molecular flexibility index (Phi) is 5.26. The van der Waals surface area contributed by atoms with Crippen molar-refractivity contribution in [2.24, 2.45) is 11.7 Å². The van der Waals surface area contributed by atoms with Crippen molar-refractivity contribution in [2.75, 3.05) is 12.3 Å². The summed E-state index contributed by atoms with van der Waals surface area (Å²) in [5.41, 5.74) is 5.83. The van der Waals surface area contributed by atoms with Gasteiger partial charge in [0.1, 0.15) is 0 Å². The molecule has 2 aliphatic rings. The number of carbonyl (C=O) groups excluding carboxylic acids is 1.